The first-order chi connectivity index (χ1) is 9.08. The van der Waals surface area contributed by atoms with E-state index in [2.05, 4.69) is 64.1 Å². The van der Waals surface area contributed by atoms with Gasteiger partial charge in [0.05, 0.1) is 0 Å². The summed E-state index contributed by atoms with van der Waals surface area (Å²) in [5, 5.41) is 9.09. The SMILES string of the molecule is BrB(Br)Br.Oc1ccc(C#Cc2ccncc2)cc1. The maximum atomic E-state index is 9.09. The van der Waals surface area contributed by atoms with Crippen LogP contribution in [0.5, 0.6) is 5.75 Å². The molecule has 0 spiro atoms. The summed E-state index contributed by atoms with van der Waals surface area (Å²) in [5.74, 6) is 6.26. The monoisotopic (exact) mass is 443 g/mol. The highest BCUT2D eigenvalue weighted by Gasteiger charge is 1.88. The maximum absolute atomic E-state index is 9.09. The van der Waals surface area contributed by atoms with E-state index in [0.717, 1.165) is 11.1 Å². The molecule has 1 aromatic carbocycles. The average Bonchev–Trinajstić information content (AvgIpc) is 2.39. The van der Waals surface area contributed by atoms with Crippen LogP contribution in [0.2, 0.25) is 0 Å². The number of rotatable bonds is 0. The third-order valence-electron chi connectivity index (χ3n) is 1.90. The van der Waals surface area contributed by atoms with Gasteiger partial charge in [-0.15, -0.1) is 47.3 Å². The van der Waals surface area contributed by atoms with E-state index in [-0.39, 0.29) is 8.93 Å². The van der Waals surface area contributed by atoms with Gasteiger partial charge < -0.3 is 5.11 Å². The van der Waals surface area contributed by atoms with Crippen LogP contribution >= 0.6 is 47.3 Å². The minimum absolute atomic E-state index is 0.254. The van der Waals surface area contributed by atoms with Gasteiger partial charge in [0.25, 0.3) is 0 Å². The summed E-state index contributed by atoms with van der Waals surface area (Å²) in [4.78, 5) is 3.91. The smallest absolute Gasteiger partial charge is 0.369 e. The standard InChI is InChI=1S/C13H9NO.BBr3/c15-13-5-3-11(4-6-13)1-2-12-7-9-14-10-8-12;2-1(3)4/h3-10,15H;. The van der Waals surface area contributed by atoms with E-state index in [4.69, 9.17) is 5.11 Å². The Bertz CT molecular complexity index is 547. The minimum Gasteiger partial charge on any atom is -0.508 e. The second kappa shape index (κ2) is 9.19. The van der Waals surface area contributed by atoms with Gasteiger partial charge in [0.2, 0.25) is 0 Å². The van der Waals surface area contributed by atoms with Gasteiger partial charge in [-0.3, -0.25) is 4.98 Å². The Labute approximate surface area is 137 Å². The van der Waals surface area contributed by atoms with Crippen LogP contribution in [0.25, 0.3) is 0 Å². The Hall–Kier alpha value is -0.765. The van der Waals surface area contributed by atoms with E-state index in [1.165, 1.54) is 0 Å². The quantitative estimate of drug-likeness (QED) is 0.483. The van der Waals surface area contributed by atoms with Gasteiger partial charge in [-0.25, -0.2) is 0 Å². The van der Waals surface area contributed by atoms with E-state index in [9.17, 15) is 0 Å². The number of aromatic nitrogens is 1. The summed E-state index contributed by atoms with van der Waals surface area (Å²) < 4.78 is 0.271. The highest BCUT2D eigenvalue weighted by Crippen LogP contribution is 2.08. The maximum Gasteiger partial charge on any atom is 0.369 e. The molecule has 2 nitrogen and oxygen atoms in total. The largest absolute Gasteiger partial charge is 0.508 e. The zero-order valence-electron chi connectivity index (χ0n) is 9.72. The lowest BCUT2D eigenvalue weighted by atomic mass is 10.2. The van der Waals surface area contributed by atoms with Crippen molar-refractivity contribution >= 4 is 50.5 Å². The van der Waals surface area contributed by atoms with Crippen molar-refractivity contribution in [3.63, 3.8) is 0 Å². The molecule has 0 radical (unpaired) electrons. The van der Waals surface area contributed by atoms with Crippen LogP contribution < -0.4 is 0 Å². The Balaban J connectivity index is 0.000000399. The second-order valence-electron chi connectivity index (χ2n) is 3.28. The topological polar surface area (TPSA) is 33.1 Å². The minimum atomic E-state index is 0.254. The first kappa shape index (κ1) is 16.3. The number of benzene rings is 1. The lowest BCUT2D eigenvalue weighted by Gasteiger charge is -1.91. The van der Waals surface area contributed by atoms with Gasteiger partial charge >= 0.3 is 3.18 Å². The predicted molar refractivity (Wildman–Crippen MR) is 90.9 cm³/mol. The molecular weight excluding hydrogens is 437 g/mol. The highest BCUT2D eigenvalue weighted by molar-refractivity contribution is 9.69. The summed E-state index contributed by atoms with van der Waals surface area (Å²) in [6.07, 6.45) is 3.42. The van der Waals surface area contributed by atoms with E-state index in [0.29, 0.717) is 0 Å². The van der Waals surface area contributed by atoms with E-state index >= 15 is 0 Å². The molecule has 1 aromatic heterocycles. The number of hydrogen-bond donors (Lipinski definition) is 1. The summed E-state index contributed by atoms with van der Waals surface area (Å²) in [6.45, 7) is 0. The molecule has 6 heteroatoms. The molecule has 0 bridgehead atoms. The van der Waals surface area contributed by atoms with Gasteiger partial charge in [0.15, 0.2) is 0 Å². The molecule has 0 aliphatic rings. The normalized spacial score (nSPS) is 8.58. The van der Waals surface area contributed by atoms with Crippen molar-refractivity contribution in [3.8, 4) is 17.6 Å². The van der Waals surface area contributed by atoms with Crippen LogP contribution in [0.15, 0.2) is 48.8 Å². The third-order valence-corrected chi connectivity index (χ3v) is 1.90. The fraction of sp³-hybridized carbons (Fsp3) is 0. The number of pyridine rings is 1. The summed E-state index contributed by atoms with van der Waals surface area (Å²) in [5.41, 5.74) is 1.81. The molecule has 1 heterocycles. The van der Waals surface area contributed by atoms with Gasteiger partial charge in [-0.05, 0) is 36.4 Å². The van der Waals surface area contributed by atoms with E-state index < -0.39 is 0 Å². The van der Waals surface area contributed by atoms with Crippen LogP contribution in [0.3, 0.4) is 0 Å². The summed E-state index contributed by atoms with van der Waals surface area (Å²) >= 11 is 9.31. The van der Waals surface area contributed by atoms with Crippen molar-refractivity contribution in [2.75, 3.05) is 0 Å². The van der Waals surface area contributed by atoms with Crippen molar-refractivity contribution in [1.29, 1.82) is 0 Å². The fourth-order valence-electron chi connectivity index (χ4n) is 1.12. The predicted octanol–water partition coefficient (Wildman–Crippen LogP) is 4.34. The molecular formula is C13H9BBr3NO. The van der Waals surface area contributed by atoms with Crippen LogP contribution in [0, 0.1) is 11.8 Å². The molecule has 0 fully saturated rings. The van der Waals surface area contributed by atoms with E-state index in [1.807, 2.05) is 12.1 Å². The zero-order chi connectivity index (χ0) is 14.1. The van der Waals surface area contributed by atoms with Gasteiger partial charge in [-0.2, -0.15) is 0 Å². The Morgan fingerprint density at radius 2 is 1.26 bits per heavy atom. The summed E-state index contributed by atoms with van der Waals surface area (Å²) in [6, 6.07) is 10.5. The number of halogens is 3. The van der Waals surface area contributed by atoms with Crippen molar-refractivity contribution < 1.29 is 5.11 Å². The van der Waals surface area contributed by atoms with Gasteiger partial charge in [0.1, 0.15) is 5.75 Å². The second-order valence-corrected chi connectivity index (χ2v) is 9.71. The first-order valence-corrected chi connectivity index (χ1v) is 7.96. The summed E-state index contributed by atoms with van der Waals surface area (Å²) in [7, 11) is 0. The van der Waals surface area contributed by atoms with Crippen LogP contribution in [-0.2, 0) is 0 Å². The zero-order valence-corrected chi connectivity index (χ0v) is 14.5. The van der Waals surface area contributed by atoms with Gasteiger partial charge in [0, 0.05) is 23.5 Å². The number of nitrogens with zero attached hydrogens (tertiary/aromatic N) is 1. The molecule has 19 heavy (non-hydrogen) atoms. The fourth-order valence-corrected chi connectivity index (χ4v) is 1.12. The molecule has 2 aromatic rings. The third kappa shape index (κ3) is 8.09. The molecule has 0 amide bonds. The van der Waals surface area contributed by atoms with Crippen LogP contribution in [0.1, 0.15) is 11.1 Å². The lowest BCUT2D eigenvalue weighted by Crippen LogP contribution is -1.76. The Kier molecular flexibility index (Phi) is 7.88. The molecule has 0 saturated heterocycles. The lowest BCUT2D eigenvalue weighted by molar-refractivity contribution is 0.475. The van der Waals surface area contributed by atoms with Gasteiger partial charge in [-0.1, -0.05) is 11.8 Å². The van der Waals surface area contributed by atoms with Crippen molar-refractivity contribution in [2.24, 2.45) is 0 Å². The van der Waals surface area contributed by atoms with Crippen molar-refractivity contribution in [1.82, 2.24) is 4.98 Å². The van der Waals surface area contributed by atoms with Crippen molar-refractivity contribution in [2.45, 2.75) is 0 Å². The number of aromatic hydroxyl groups is 1. The molecule has 1 N–H and O–H groups in total. The molecule has 0 saturated carbocycles. The van der Waals surface area contributed by atoms with Crippen LogP contribution in [-0.4, -0.2) is 13.3 Å². The molecule has 0 atom stereocenters. The van der Waals surface area contributed by atoms with Crippen molar-refractivity contribution in [3.05, 3.63) is 59.9 Å². The molecule has 96 valence electrons. The number of hydrogen-bond acceptors (Lipinski definition) is 2. The molecule has 0 aliphatic heterocycles. The molecule has 2 rings (SSSR count). The molecule has 0 unspecified atom stereocenters. The number of phenolic OH excluding ortho intramolecular Hbond substituents is 1. The first-order valence-electron chi connectivity index (χ1n) is 5.21. The molecule has 0 aliphatic carbocycles. The average molecular weight is 446 g/mol. The highest BCUT2D eigenvalue weighted by atomic mass is 79.9. The van der Waals surface area contributed by atoms with Crippen LogP contribution in [0.4, 0.5) is 0 Å². The number of phenols is 1. The Morgan fingerprint density at radius 3 is 1.74 bits per heavy atom. The Morgan fingerprint density at radius 1 is 0.842 bits per heavy atom. The van der Waals surface area contributed by atoms with E-state index in [1.54, 1.807) is 36.7 Å².